The molecule has 6 heteroatoms. The standard InChI is InChI=1S/C16H13Cl2NO3/c1-9(12-4-3-11(17)7-13(12)18)19-16(20)10-2-5-14-15(6-10)22-8-21-14/h2-7,9H,8H2,1H3,(H,19,20). The van der Waals surface area contributed by atoms with Crippen molar-refractivity contribution in [3.63, 3.8) is 0 Å². The second-order valence-corrected chi connectivity index (χ2v) is 5.77. The molecular formula is C16H13Cl2NO3. The number of fused-ring (bicyclic) bond motifs is 1. The number of hydrogen-bond acceptors (Lipinski definition) is 3. The molecule has 2 aromatic carbocycles. The second kappa shape index (κ2) is 6.07. The summed E-state index contributed by atoms with van der Waals surface area (Å²) >= 11 is 12.0. The lowest BCUT2D eigenvalue weighted by Crippen LogP contribution is -2.26. The highest BCUT2D eigenvalue weighted by atomic mass is 35.5. The van der Waals surface area contributed by atoms with Crippen molar-refractivity contribution in [3.8, 4) is 11.5 Å². The molecule has 4 nitrogen and oxygen atoms in total. The summed E-state index contributed by atoms with van der Waals surface area (Å²) in [6.07, 6.45) is 0. The summed E-state index contributed by atoms with van der Waals surface area (Å²) in [5.41, 5.74) is 1.31. The van der Waals surface area contributed by atoms with Crippen LogP contribution in [0.25, 0.3) is 0 Å². The summed E-state index contributed by atoms with van der Waals surface area (Å²) in [6, 6.07) is 10.0. The molecule has 1 amide bonds. The van der Waals surface area contributed by atoms with Crippen LogP contribution in [-0.2, 0) is 0 Å². The van der Waals surface area contributed by atoms with Crippen molar-refractivity contribution in [2.24, 2.45) is 0 Å². The van der Waals surface area contributed by atoms with Gasteiger partial charge in [0.2, 0.25) is 6.79 Å². The van der Waals surface area contributed by atoms with Crippen molar-refractivity contribution in [2.75, 3.05) is 6.79 Å². The molecule has 1 N–H and O–H groups in total. The molecule has 1 heterocycles. The molecule has 0 spiro atoms. The normalized spacial score (nSPS) is 13.8. The Labute approximate surface area is 137 Å². The summed E-state index contributed by atoms with van der Waals surface area (Å²) in [5.74, 6) is 1.01. The SMILES string of the molecule is CC(NC(=O)c1ccc2c(c1)OCO2)c1ccc(Cl)cc1Cl. The van der Waals surface area contributed by atoms with Gasteiger partial charge in [0.25, 0.3) is 5.91 Å². The van der Waals surface area contributed by atoms with E-state index in [4.69, 9.17) is 32.7 Å². The molecule has 1 aliphatic rings. The molecule has 22 heavy (non-hydrogen) atoms. The number of halogens is 2. The fourth-order valence-corrected chi connectivity index (χ4v) is 2.82. The van der Waals surface area contributed by atoms with Crippen LogP contribution >= 0.6 is 23.2 Å². The van der Waals surface area contributed by atoms with E-state index in [0.717, 1.165) is 5.56 Å². The molecule has 1 unspecified atom stereocenters. The van der Waals surface area contributed by atoms with Crippen molar-refractivity contribution in [1.82, 2.24) is 5.32 Å². The van der Waals surface area contributed by atoms with Gasteiger partial charge in [-0.15, -0.1) is 0 Å². The summed E-state index contributed by atoms with van der Waals surface area (Å²) in [6.45, 7) is 2.04. The Bertz CT molecular complexity index is 733. The van der Waals surface area contributed by atoms with Gasteiger partial charge in [-0.25, -0.2) is 0 Å². The molecule has 0 saturated carbocycles. The lowest BCUT2D eigenvalue weighted by atomic mass is 10.1. The fraction of sp³-hybridized carbons (Fsp3) is 0.188. The third-order valence-electron chi connectivity index (χ3n) is 3.41. The van der Waals surface area contributed by atoms with E-state index in [1.165, 1.54) is 0 Å². The average Bonchev–Trinajstić information content (AvgIpc) is 2.94. The summed E-state index contributed by atoms with van der Waals surface area (Å²) < 4.78 is 10.5. The van der Waals surface area contributed by atoms with E-state index in [9.17, 15) is 4.79 Å². The van der Waals surface area contributed by atoms with Gasteiger partial charge in [-0.2, -0.15) is 0 Å². The molecule has 0 bridgehead atoms. The lowest BCUT2D eigenvalue weighted by molar-refractivity contribution is 0.0939. The van der Waals surface area contributed by atoms with E-state index in [-0.39, 0.29) is 18.7 Å². The van der Waals surface area contributed by atoms with Crippen molar-refractivity contribution in [3.05, 3.63) is 57.6 Å². The minimum atomic E-state index is -0.248. The maximum absolute atomic E-state index is 12.3. The van der Waals surface area contributed by atoms with Gasteiger partial charge in [0.1, 0.15) is 0 Å². The van der Waals surface area contributed by atoms with Gasteiger partial charge in [0.05, 0.1) is 6.04 Å². The van der Waals surface area contributed by atoms with Crippen LogP contribution < -0.4 is 14.8 Å². The zero-order valence-electron chi connectivity index (χ0n) is 11.7. The summed E-state index contributed by atoms with van der Waals surface area (Å²) in [4.78, 5) is 12.3. The first-order valence-corrected chi connectivity index (χ1v) is 7.45. The van der Waals surface area contributed by atoms with Gasteiger partial charge in [0.15, 0.2) is 11.5 Å². The minimum Gasteiger partial charge on any atom is -0.454 e. The Kier molecular flexibility index (Phi) is 4.14. The Morgan fingerprint density at radius 2 is 1.91 bits per heavy atom. The van der Waals surface area contributed by atoms with Crippen LogP contribution in [0.2, 0.25) is 10.0 Å². The summed E-state index contributed by atoms with van der Waals surface area (Å²) in [5, 5.41) is 3.98. The molecule has 0 saturated heterocycles. The van der Waals surface area contributed by atoms with Gasteiger partial charge < -0.3 is 14.8 Å². The predicted molar refractivity (Wildman–Crippen MR) is 84.9 cm³/mol. The van der Waals surface area contributed by atoms with Gasteiger partial charge in [-0.3, -0.25) is 4.79 Å². The van der Waals surface area contributed by atoms with Crippen LogP contribution in [0.4, 0.5) is 0 Å². The van der Waals surface area contributed by atoms with Crippen LogP contribution in [0, 0.1) is 0 Å². The van der Waals surface area contributed by atoms with Crippen molar-refractivity contribution in [1.29, 1.82) is 0 Å². The van der Waals surface area contributed by atoms with Crippen LogP contribution in [0.15, 0.2) is 36.4 Å². The monoisotopic (exact) mass is 337 g/mol. The highest BCUT2D eigenvalue weighted by Gasteiger charge is 2.18. The van der Waals surface area contributed by atoms with Crippen LogP contribution in [-0.4, -0.2) is 12.7 Å². The Morgan fingerprint density at radius 1 is 1.14 bits per heavy atom. The molecule has 2 aromatic rings. The number of rotatable bonds is 3. The number of ether oxygens (including phenoxy) is 2. The van der Waals surface area contributed by atoms with E-state index >= 15 is 0 Å². The second-order valence-electron chi connectivity index (χ2n) is 4.93. The zero-order chi connectivity index (χ0) is 15.7. The Hall–Kier alpha value is -1.91. The molecule has 0 radical (unpaired) electrons. The molecule has 0 fully saturated rings. The molecular weight excluding hydrogens is 325 g/mol. The first kappa shape index (κ1) is 15.0. The number of carbonyl (C=O) groups excluding carboxylic acids is 1. The topological polar surface area (TPSA) is 47.6 Å². The first-order chi connectivity index (χ1) is 10.5. The third-order valence-corrected chi connectivity index (χ3v) is 3.97. The molecule has 3 rings (SSSR count). The van der Waals surface area contributed by atoms with E-state index in [0.29, 0.717) is 27.1 Å². The lowest BCUT2D eigenvalue weighted by Gasteiger charge is -2.16. The van der Waals surface area contributed by atoms with E-state index in [1.807, 2.05) is 6.92 Å². The van der Waals surface area contributed by atoms with E-state index < -0.39 is 0 Å². The van der Waals surface area contributed by atoms with Gasteiger partial charge in [-0.05, 0) is 42.8 Å². The largest absolute Gasteiger partial charge is 0.454 e. The smallest absolute Gasteiger partial charge is 0.251 e. The Morgan fingerprint density at radius 3 is 2.68 bits per heavy atom. The first-order valence-electron chi connectivity index (χ1n) is 6.70. The highest BCUT2D eigenvalue weighted by Crippen LogP contribution is 2.33. The molecule has 1 atom stereocenters. The van der Waals surface area contributed by atoms with Gasteiger partial charge >= 0.3 is 0 Å². The third kappa shape index (κ3) is 2.98. The number of nitrogens with one attached hydrogen (secondary N) is 1. The molecule has 1 aliphatic heterocycles. The van der Waals surface area contributed by atoms with Crippen LogP contribution in [0.5, 0.6) is 11.5 Å². The van der Waals surface area contributed by atoms with Crippen molar-refractivity contribution >= 4 is 29.1 Å². The molecule has 0 aromatic heterocycles. The van der Waals surface area contributed by atoms with Crippen LogP contribution in [0.3, 0.4) is 0 Å². The number of benzene rings is 2. The van der Waals surface area contributed by atoms with E-state index in [1.54, 1.807) is 36.4 Å². The number of carbonyl (C=O) groups is 1. The van der Waals surface area contributed by atoms with Gasteiger partial charge in [0, 0.05) is 15.6 Å². The van der Waals surface area contributed by atoms with Crippen molar-refractivity contribution < 1.29 is 14.3 Å². The highest BCUT2D eigenvalue weighted by molar-refractivity contribution is 6.35. The minimum absolute atomic E-state index is 0.178. The van der Waals surface area contributed by atoms with E-state index in [2.05, 4.69) is 5.32 Å². The van der Waals surface area contributed by atoms with Crippen LogP contribution in [0.1, 0.15) is 28.9 Å². The maximum Gasteiger partial charge on any atom is 0.251 e. The zero-order valence-corrected chi connectivity index (χ0v) is 13.2. The number of hydrogen-bond donors (Lipinski definition) is 1. The Balaban J connectivity index is 1.76. The van der Waals surface area contributed by atoms with Crippen molar-refractivity contribution in [2.45, 2.75) is 13.0 Å². The fourth-order valence-electron chi connectivity index (χ4n) is 2.25. The number of amides is 1. The average molecular weight is 338 g/mol. The molecule has 0 aliphatic carbocycles. The maximum atomic E-state index is 12.3. The predicted octanol–water partition coefficient (Wildman–Crippen LogP) is 4.21. The van der Waals surface area contributed by atoms with Gasteiger partial charge in [-0.1, -0.05) is 29.3 Å². The summed E-state index contributed by atoms with van der Waals surface area (Å²) in [7, 11) is 0. The molecule has 114 valence electrons. The quantitative estimate of drug-likeness (QED) is 0.912.